The van der Waals surface area contributed by atoms with E-state index in [4.69, 9.17) is 0 Å². The molecular formula is C9H19NO2S. The summed E-state index contributed by atoms with van der Waals surface area (Å²) in [5.41, 5.74) is 0.306. The first-order chi connectivity index (χ1) is 5.85. The van der Waals surface area contributed by atoms with E-state index in [0.717, 1.165) is 19.3 Å². The van der Waals surface area contributed by atoms with Gasteiger partial charge >= 0.3 is 0 Å². The Bertz CT molecular complexity index is 269. The van der Waals surface area contributed by atoms with Crippen LogP contribution in [-0.2, 0) is 10.0 Å². The van der Waals surface area contributed by atoms with Gasteiger partial charge in [-0.3, -0.25) is 0 Å². The summed E-state index contributed by atoms with van der Waals surface area (Å²) < 4.78 is 25.2. The molecule has 1 atom stereocenters. The molecule has 1 saturated carbocycles. The minimum atomic E-state index is -3.00. The summed E-state index contributed by atoms with van der Waals surface area (Å²) in [6.07, 6.45) is 3.06. The lowest BCUT2D eigenvalue weighted by molar-refractivity contribution is 0.372. The Morgan fingerprint density at radius 2 is 2.08 bits per heavy atom. The molecule has 0 spiro atoms. The first kappa shape index (κ1) is 11.0. The lowest BCUT2D eigenvalue weighted by atomic mass is 9.92. The van der Waals surface area contributed by atoms with Crippen molar-refractivity contribution in [3.8, 4) is 0 Å². The zero-order valence-electron chi connectivity index (χ0n) is 8.63. The highest BCUT2D eigenvalue weighted by Crippen LogP contribution is 2.37. The summed E-state index contributed by atoms with van der Waals surface area (Å²) >= 11 is 0. The van der Waals surface area contributed by atoms with Crippen LogP contribution in [0.4, 0.5) is 0 Å². The number of hydrogen-bond acceptors (Lipinski definition) is 2. The molecule has 78 valence electrons. The van der Waals surface area contributed by atoms with Gasteiger partial charge in [-0.2, -0.15) is 0 Å². The maximum atomic E-state index is 11.3. The summed E-state index contributed by atoms with van der Waals surface area (Å²) in [6, 6.07) is 0.167. The van der Waals surface area contributed by atoms with Crippen molar-refractivity contribution in [3.05, 3.63) is 0 Å². The smallest absolute Gasteiger partial charge is 0.211 e. The summed E-state index contributed by atoms with van der Waals surface area (Å²) in [4.78, 5) is 0. The van der Waals surface area contributed by atoms with Crippen LogP contribution in [0.15, 0.2) is 0 Å². The third-order valence-corrected chi connectivity index (χ3v) is 4.15. The van der Waals surface area contributed by atoms with Crippen molar-refractivity contribution < 1.29 is 8.42 Å². The highest BCUT2D eigenvalue weighted by Gasteiger charge is 2.32. The van der Waals surface area contributed by atoms with Crippen molar-refractivity contribution in [2.45, 2.75) is 46.1 Å². The predicted octanol–water partition coefficient (Wildman–Crippen LogP) is 1.50. The molecule has 4 heteroatoms. The van der Waals surface area contributed by atoms with E-state index in [1.807, 2.05) is 0 Å². The normalized spacial score (nSPS) is 27.8. The Kier molecular flexibility index (Phi) is 3.02. The largest absolute Gasteiger partial charge is 0.212 e. The second-order valence-corrected chi connectivity index (χ2v) is 6.67. The second kappa shape index (κ2) is 3.58. The topological polar surface area (TPSA) is 46.2 Å². The molecule has 0 aromatic rings. The molecular weight excluding hydrogens is 186 g/mol. The van der Waals surface area contributed by atoms with Crippen LogP contribution in [0.5, 0.6) is 0 Å². The molecule has 0 saturated heterocycles. The van der Waals surface area contributed by atoms with Gasteiger partial charge in [-0.05, 0) is 31.6 Å². The Morgan fingerprint density at radius 3 is 2.46 bits per heavy atom. The van der Waals surface area contributed by atoms with Crippen molar-refractivity contribution in [3.63, 3.8) is 0 Å². The van der Waals surface area contributed by atoms with E-state index in [1.54, 1.807) is 6.92 Å². The van der Waals surface area contributed by atoms with E-state index in [1.165, 1.54) is 0 Å². The monoisotopic (exact) mass is 205 g/mol. The molecule has 1 unspecified atom stereocenters. The van der Waals surface area contributed by atoms with Gasteiger partial charge in [-0.1, -0.05) is 13.8 Å². The van der Waals surface area contributed by atoms with Gasteiger partial charge in [0.15, 0.2) is 0 Å². The summed E-state index contributed by atoms with van der Waals surface area (Å²) in [5.74, 6) is 0.184. The van der Waals surface area contributed by atoms with Crippen LogP contribution >= 0.6 is 0 Å². The zero-order valence-corrected chi connectivity index (χ0v) is 9.45. The van der Waals surface area contributed by atoms with Gasteiger partial charge in [0.2, 0.25) is 10.0 Å². The Morgan fingerprint density at radius 1 is 1.46 bits per heavy atom. The zero-order chi connectivity index (χ0) is 10.1. The summed E-state index contributed by atoms with van der Waals surface area (Å²) in [7, 11) is -3.00. The van der Waals surface area contributed by atoms with Gasteiger partial charge in [0.25, 0.3) is 0 Å². The molecule has 0 aromatic heterocycles. The first-order valence-electron chi connectivity index (χ1n) is 4.85. The summed E-state index contributed by atoms with van der Waals surface area (Å²) in [5, 5.41) is 0. The molecule has 1 aliphatic carbocycles. The number of rotatable bonds is 3. The van der Waals surface area contributed by atoms with Gasteiger partial charge in [-0.25, -0.2) is 13.1 Å². The fourth-order valence-corrected chi connectivity index (χ4v) is 2.75. The fraction of sp³-hybridized carbons (Fsp3) is 1.00. The van der Waals surface area contributed by atoms with Crippen LogP contribution in [0, 0.1) is 5.41 Å². The van der Waals surface area contributed by atoms with Crippen molar-refractivity contribution in [2.24, 2.45) is 5.41 Å². The molecule has 1 aliphatic rings. The van der Waals surface area contributed by atoms with Crippen LogP contribution in [0.25, 0.3) is 0 Å². The van der Waals surface area contributed by atoms with Crippen molar-refractivity contribution in [2.75, 3.05) is 5.75 Å². The molecule has 0 bridgehead atoms. The SMILES string of the molecule is CCS(=O)(=O)NC1CCC(C)(C)C1. The Labute approximate surface area is 81.0 Å². The minimum absolute atomic E-state index is 0.167. The highest BCUT2D eigenvalue weighted by molar-refractivity contribution is 7.89. The lowest BCUT2D eigenvalue weighted by Gasteiger charge is -2.17. The van der Waals surface area contributed by atoms with Crippen LogP contribution in [-0.4, -0.2) is 20.2 Å². The van der Waals surface area contributed by atoms with Crippen molar-refractivity contribution >= 4 is 10.0 Å². The summed E-state index contributed by atoms with van der Waals surface area (Å²) in [6.45, 7) is 6.04. The average molecular weight is 205 g/mol. The second-order valence-electron chi connectivity index (χ2n) is 4.63. The molecule has 0 heterocycles. The quantitative estimate of drug-likeness (QED) is 0.759. The molecule has 0 amide bonds. The van der Waals surface area contributed by atoms with Gasteiger partial charge in [0.1, 0.15) is 0 Å². The fourth-order valence-electron chi connectivity index (χ4n) is 1.87. The minimum Gasteiger partial charge on any atom is -0.212 e. The van der Waals surface area contributed by atoms with Crippen LogP contribution in [0.2, 0.25) is 0 Å². The van der Waals surface area contributed by atoms with E-state index in [-0.39, 0.29) is 11.8 Å². The molecule has 1 fully saturated rings. The highest BCUT2D eigenvalue weighted by atomic mass is 32.2. The molecule has 0 radical (unpaired) electrons. The van der Waals surface area contributed by atoms with E-state index < -0.39 is 10.0 Å². The van der Waals surface area contributed by atoms with Gasteiger partial charge in [-0.15, -0.1) is 0 Å². The molecule has 1 N–H and O–H groups in total. The number of nitrogens with one attached hydrogen (secondary N) is 1. The van der Waals surface area contributed by atoms with Gasteiger partial charge in [0.05, 0.1) is 5.75 Å². The van der Waals surface area contributed by atoms with Crippen molar-refractivity contribution in [1.82, 2.24) is 4.72 Å². The number of hydrogen-bond donors (Lipinski definition) is 1. The van der Waals surface area contributed by atoms with Gasteiger partial charge < -0.3 is 0 Å². The Balaban J connectivity index is 2.50. The Hall–Kier alpha value is -0.0900. The molecule has 0 aliphatic heterocycles. The average Bonchev–Trinajstić information content (AvgIpc) is 2.29. The van der Waals surface area contributed by atoms with Crippen LogP contribution < -0.4 is 4.72 Å². The van der Waals surface area contributed by atoms with Crippen molar-refractivity contribution in [1.29, 1.82) is 0 Å². The first-order valence-corrected chi connectivity index (χ1v) is 6.50. The lowest BCUT2D eigenvalue weighted by Crippen LogP contribution is -2.34. The number of sulfonamides is 1. The van der Waals surface area contributed by atoms with Crippen LogP contribution in [0.3, 0.4) is 0 Å². The third kappa shape index (κ3) is 3.27. The van der Waals surface area contributed by atoms with E-state index in [9.17, 15) is 8.42 Å². The third-order valence-electron chi connectivity index (χ3n) is 2.69. The van der Waals surface area contributed by atoms with Crippen LogP contribution in [0.1, 0.15) is 40.0 Å². The maximum absolute atomic E-state index is 11.3. The van der Waals surface area contributed by atoms with E-state index >= 15 is 0 Å². The van der Waals surface area contributed by atoms with E-state index in [0.29, 0.717) is 5.41 Å². The standard InChI is InChI=1S/C9H19NO2S/c1-4-13(11,12)10-8-5-6-9(2,3)7-8/h8,10H,4-7H2,1-3H3. The predicted molar refractivity (Wildman–Crippen MR) is 54.0 cm³/mol. The molecule has 0 aromatic carbocycles. The molecule has 13 heavy (non-hydrogen) atoms. The van der Waals surface area contributed by atoms with Gasteiger partial charge in [0, 0.05) is 6.04 Å². The molecule has 1 rings (SSSR count). The van der Waals surface area contributed by atoms with E-state index in [2.05, 4.69) is 18.6 Å². The maximum Gasteiger partial charge on any atom is 0.211 e. The molecule has 3 nitrogen and oxygen atoms in total.